The molecule has 2 N–H and O–H groups in total. The molecule has 1 spiro atoms. The summed E-state index contributed by atoms with van der Waals surface area (Å²) in [6.45, 7) is 15.5. The molecule has 248 valence electrons. The second-order valence-corrected chi connectivity index (χ2v) is 16.9. The number of ether oxygens (including phenoxy) is 3. The van der Waals surface area contributed by atoms with Crippen molar-refractivity contribution < 1.29 is 38.8 Å². The van der Waals surface area contributed by atoms with Gasteiger partial charge < -0.3 is 24.4 Å². The first-order chi connectivity index (χ1) is 20.4. The quantitative estimate of drug-likeness (QED) is 0.233. The molecule has 5 saturated carbocycles. The maximum absolute atomic E-state index is 14.1. The molecule has 4 unspecified atom stereocenters. The smallest absolute Gasteiger partial charge is 0.315 e. The third-order valence-corrected chi connectivity index (χ3v) is 15.2. The molecule has 0 aromatic heterocycles. The van der Waals surface area contributed by atoms with Crippen molar-refractivity contribution in [1.29, 1.82) is 0 Å². The topological polar surface area (TPSA) is 119 Å². The maximum atomic E-state index is 14.1. The van der Waals surface area contributed by atoms with E-state index in [1.165, 1.54) is 13.8 Å². The first kappa shape index (κ1) is 33.9. The number of allylic oxidation sites excluding steroid dienone is 2. The Morgan fingerprint density at radius 1 is 0.909 bits per heavy atom. The number of hydrogen-bond acceptors (Lipinski definition) is 8. The van der Waals surface area contributed by atoms with Gasteiger partial charge in [0.05, 0.1) is 17.6 Å². The van der Waals surface area contributed by atoms with E-state index in [1.54, 1.807) is 0 Å². The highest BCUT2D eigenvalue weighted by Crippen LogP contribution is 2.86. The van der Waals surface area contributed by atoms with Crippen LogP contribution in [0.25, 0.3) is 0 Å². The lowest BCUT2D eigenvalue weighted by atomic mass is 9.36. The fourth-order valence-corrected chi connectivity index (χ4v) is 12.0. The molecule has 0 saturated heterocycles. The normalized spacial score (nSPS) is 47.1. The number of halogens is 1. The number of fused-ring (bicyclic) bond motifs is 6. The second kappa shape index (κ2) is 11.4. The summed E-state index contributed by atoms with van der Waals surface area (Å²) in [5.41, 5.74) is -1.22. The fourth-order valence-electron chi connectivity index (χ4n) is 11.8. The molecule has 5 aliphatic rings. The number of hydrogen-bond donors (Lipinski definition) is 2. The summed E-state index contributed by atoms with van der Waals surface area (Å²) in [4.78, 5) is 38.3. The molecule has 0 amide bonds. The standard InChI is InChI=1S/C35H53BrO8/c1-19(2)24(36)10-14-34(30(41)43-18-42-21(4)37)17-35(34)27-15-26(40)29-31(6)12-11-25(39)20(3)23(31)9-13-32(29,7)33(27,8)16-28(35)44-22(5)38/h20,23,25-29,39-40H,9-18H2,1-8H3/t20-,23?,25+,26+,27?,28-,29-,31-,32-,33-,34?,35?/m0/s1. The Labute approximate surface area is 271 Å². The summed E-state index contributed by atoms with van der Waals surface area (Å²) >= 11 is 3.70. The van der Waals surface area contributed by atoms with Crippen molar-refractivity contribution in [3.8, 4) is 0 Å². The van der Waals surface area contributed by atoms with Gasteiger partial charge >= 0.3 is 17.9 Å². The predicted molar refractivity (Wildman–Crippen MR) is 168 cm³/mol. The van der Waals surface area contributed by atoms with E-state index in [1.807, 2.05) is 13.8 Å². The van der Waals surface area contributed by atoms with Crippen LogP contribution in [0.5, 0.6) is 0 Å². The molecule has 0 bridgehead atoms. The highest BCUT2D eigenvalue weighted by molar-refractivity contribution is 9.11. The van der Waals surface area contributed by atoms with Gasteiger partial charge in [-0.2, -0.15) is 0 Å². The largest absolute Gasteiger partial charge is 0.462 e. The molecule has 5 rings (SSSR count). The van der Waals surface area contributed by atoms with Gasteiger partial charge in [-0.3, -0.25) is 14.4 Å². The Hall–Kier alpha value is -1.45. The molecule has 12 atom stereocenters. The summed E-state index contributed by atoms with van der Waals surface area (Å²) < 4.78 is 17.9. The zero-order valence-corrected chi connectivity index (χ0v) is 29.4. The minimum atomic E-state index is -0.947. The van der Waals surface area contributed by atoms with Gasteiger partial charge in [0.25, 0.3) is 0 Å². The molecular weight excluding hydrogens is 628 g/mol. The van der Waals surface area contributed by atoms with Gasteiger partial charge in [-0.15, -0.1) is 0 Å². The summed E-state index contributed by atoms with van der Waals surface area (Å²) in [6.07, 6.45) is 4.87. The lowest BCUT2D eigenvalue weighted by molar-refractivity contribution is -0.241. The van der Waals surface area contributed by atoms with Gasteiger partial charge in [-0.25, -0.2) is 0 Å². The van der Waals surface area contributed by atoms with E-state index in [4.69, 9.17) is 14.2 Å². The van der Waals surface area contributed by atoms with Gasteiger partial charge in [0.15, 0.2) is 0 Å². The van der Waals surface area contributed by atoms with Crippen LogP contribution in [0.2, 0.25) is 0 Å². The fraction of sp³-hybridized carbons (Fsp3) is 0.857. The minimum absolute atomic E-state index is 0.0296. The van der Waals surface area contributed by atoms with Crippen molar-refractivity contribution in [3.63, 3.8) is 0 Å². The lowest BCUT2D eigenvalue weighted by Gasteiger charge is -2.69. The van der Waals surface area contributed by atoms with Crippen molar-refractivity contribution in [2.45, 2.75) is 131 Å². The summed E-state index contributed by atoms with van der Waals surface area (Å²) in [5.74, 6) is -0.867. The van der Waals surface area contributed by atoms with E-state index in [9.17, 15) is 24.6 Å². The molecule has 9 heteroatoms. The third kappa shape index (κ3) is 4.75. The Morgan fingerprint density at radius 2 is 1.59 bits per heavy atom. The summed E-state index contributed by atoms with van der Waals surface area (Å²) in [5, 5.41) is 23.0. The zero-order chi connectivity index (χ0) is 32.6. The molecule has 5 fully saturated rings. The second-order valence-electron chi connectivity index (χ2n) is 16.0. The van der Waals surface area contributed by atoms with E-state index in [-0.39, 0.29) is 46.1 Å². The number of carbonyl (C=O) groups is 3. The average Bonchev–Trinajstić information content (AvgIpc) is 3.55. The molecule has 0 radical (unpaired) electrons. The van der Waals surface area contributed by atoms with Gasteiger partial charge in [0.1, 0.15) is 6.10 Å². The maximum Gasteiger partial charge on any atom is 0.315 e. The number of aliphatic hydroxyl groups is 2. The Kier molecular flexibility index (Phi) is 8.75. The Balaban J connectivity index is 1.58. The minimum Gasteiger partial charge on any atom is -0.462 e. The zero-order valence-electron chi connectivity index (χ0n) is 27.8. The van der Waals surface area contributed by atoms with Gasteiger partial charge in [-0.05, 0) is 116 Å². The van der Waals surface area contributed by atoms with E-state index >= 15 is 0 Å². The van der Waals surface area contributed by atoms with Gasteiger partial charge in [-0.1, -0.05) is 49.2 Å². The molecule has 8 nitrogen and oxygen atoms in total. The SMILES string of the molecule is CC(=O)OCOC(=O)C1(CCC(Br)=C(C)C)CC12C1C[C@@H](O)[C@H]3[C@@]4(C)CC[C@@H](O)[C@@H](C)C4CC[C@]3(C)[C@@]1(C)C[C@@H]2OC(C)=O. The molecule has 5 aliphatic carbocycles. The van der Waals surface area contributed by atoms with Crippen LogP contribution in [0.4, 0.5) is 0 Å². The monoisotopic (exact) mass is 680 g/mol. The number of rotatable bonds is 7. The van der Waals surface area contributed by atoms with E-state index in [0.29, 0.717) is 38.0 Å². The Bertz CT molecular complexity index is 1230. The van der Waals surface area contributed by atoms with Crippen LogP contribution in [0.15, 0.2) is 10.1 Å². The molecule has 0 aromatic carbocycles. The lowest BCUT2D eigenvalue weighted by Crippen LogP contribution is -2.66. The molecule has 0 aromatic rings. The molecule has 44 heavy (non-hydrogen) atoms. The van der Waals surface area contributed by atoms with Gasteiger partial charge in [0.2, 0.25) is 6.79 Å². The number of carbonyl (C=O) groups excluding carboxylic acids is 3. The van der Waals surface area contributed by atoms with Crippen molar-refractivity contribution >= 4 is 33.8 Å². The first-order valence-corrected chi connectivity index (χ1v) is 17.4. The first-order valence-electron chi connectivity index (χ1n) is 16.6. The third-order valence-electron chi connectivity index (χ3n) is 14.0. The van der Waals surface area contributed by atoms with Crippen molar-refractivity contribution in [1.82, 2.24) is 0 Å². The number of aliphatic hydroxyl groups excluding tert-OH is 2. The van der Waals surface area contributed by atoms with Crippen molar-refractivity contribution in [2.24, 2.45) is 50.7 Å². The van der Waals surface area contributed by atoms with E-state index in [2.05, 4.69) is 43.6 Å². The molecular formula is C35H53BrO8. The van der Waals surface area contributed by atoms with Crippen molar-refractivity contribution in [2.75, 3.05) is 6.79 Å². The Morgan fingerprint density at radius 3 is 2.20 bits per heavy atom. The van der Waals surface area contributed by atoms with E-state index < -0.39 is 41.8 Å². The summed E-state index contributed by atoms with van der Waals surface area (Å²) in [6, 6.07) is 0. The van der Waals surface area contributed by atoms with Crippen LogP contribution in [0, 0.1) is 50.7 Å². The van der Waals surface area contributed by atoms with Crippen LogP contribution in [0.3, 0.4) is 0 Å². The highest BCUT2D eigenvalue weighted by atomic mass is 79.9. The van der Waals surface area contributed by atoms with Crippen LogP contribution in [0.1, 0.15) is 113 Å². The summed E-state index contributed by atoms with van der Waals surface area (Å²) in [7, 11) is 0. The van der Waals surface area contributed by atoms with E-state index in [0.717, 1.165) is 35.7 Å². The molecule has 0 aliphatic heterocycles. The van der Waals surface area contributed by atoms with Crippen molar-refractivity contribution in [3.05, 3.63) is 10.1 Å². The predicted octanol–water partition coefficient (Wildman–Crippen LogP) is 6.45. The molecule has 0 heterocycles. The van der Waals surface area contributed by atoms with Crippen LogP contribution in [-0.2, 0) is 28.6 Å². The van der Waals surface area contributed by atoms with Crippen LogP contribution < -0.4 is 0 Å². The van der Waals surface area contributed by atoms with Crippen LogP contribution >= 0.6 is 15.9 Å². The van der Waals surface area contributed by atoms with Gasteiger partial charge in [0, 0.05) is 19.3 Å². The number of esters is 3. The van der Waals surface area contributed by atoms with Crippen LogP contribution in [-0.4, -0.2) is 53.2 Å². The average molecular weight is 682 g/mol. The highest BCUT2D eigenvalue weighted by Gasteiger charge is 2.86.